The molecule has 0 aromatic heterocycles. The molecule has 2 heterocycles. The summed E-state index contributed by atoms with van der Waals surface area (Å²) in [7, 11) is 1.36. The number of methoxy groups -OCH3 is 1. The van der Waals surface area contributed by atoms with Crippen LogP contribution in [0.25, 0.3) is 0 Å². The molecular weight excluding hydrogens is 252 g/mol. The lowest BCUT2D eigenvalue weighted by Crippen LogP contribution is -2.24. The van der Waals surface area contributed by atoms with E-state index >= 15 is 0 Å². The third-order valence-corrected chi connectivity index (χ3v) is 3.99. The Hall–Kier alpha value is -1.14. The summed E-state index contributed by atoms with van der Waals surface area (Å²) >= 11 is 0. The minimum Gasteiger partial charge on any atom is -0.469 e. The predicted molar refractivity (Wildman–Crippen MR) is 61.8 cm³/mol. The number of rotatable bonds is 6. The van der Waals surface area contributed by atoms with E-state index in [2.05, 4.69) is 4.74 Å². The Morgan fingerprint density at radius 2 is 1.84 bits per heavy atom. The minimum absolute atomic E-state index is 0.0915. The Bertz CT molecular complexity index is 398. The highest BCUT2D eigenvalue weighted by Gasteiger charge is 2.91. The number of hydrogen-bond acceptors (Lipinski definition) is 6. The molecule has 1 aliphatic carbocycles. The Morgan fingerprint density at radius 1 is 1.16 bits per heavy atom. The van der Waals surface area contributed by atoms with Gasteiger partial charge in [-0.1, -0.05) is 0 Å². The zero-order valence-electron chi connectivity index (χ0n) is 11.0. The van der Waals surface area contributed by atoms with E-state index in [1.807, 2.05) is 0 Å². The van der Waals surface area contributed by atoms with E-state index in [1.165, 1.54) is 7.11 Å². The second-order valence-corrected chi connectivity index (χ2v) is 5.35. The van der Waals surface area contributed by atoms with Gasteiger partial charge in [0.25, 0.3) is 0 Å². The van der Waals surface area contributed by atoms with Crippen LogP contribution in [-0.2, 0) is 28.5 Å². The molecule has 0 aromatic carbocycles. The molecule has 1 saturated carbocycles. The average molecular weight is 270 g/mol. The summed E-state index contributed by atoms with van der Waals surface area (Å²) in [5, 5.41) is 0. The average Bonchev–Trinajstić information content (AvgIpc) is 3.20. The highest BCUT2D eigenvalue weighted by atomic mass is 17.0. The van der Waals surface area contributed by atoms with Gasteiger partial charge >= 0.3 is 11.9 Å². The maximum Gasteiger partial charge on any atom is 0.306 e. The van der Waals surface area contributed by atoms with Gasteiger partial charge in [0.05, 0.1) is 7.11 Å². The molecular formula is C13H18O6. The van der Waals surface area contributed by atoms with Gasteiger partial charge in [-0.15, -0.1) is 0 Å². The van der Waals surface area contributed by atoms with Crippen LogP contribution in [0.5, 0.6) is 0 Å². The Labute approximate surface area is 111 Å². The molecule has 106 valence electrons. The van der Waals surface area contributed by atoms with Gasteiger partial charge in [0.2, 0.25) is 11.6 Å². The van der Waals surface area contributed by atoms with E-state index in [0.717, 1.165) is 12.8 Å². The van der Waals surface area contributed by atoms with Crippen molar-refractivity contribution in [3.05, 3.63) is 0 Å². The third kappa shape index (κ3) is 2.34. The van der Waals surface area contributed by atoms with Crippen molar-refractivity contribution in [1.82, 2.24) is 0 Å². The Balaban J connectivity index is 1.30. The van der Waals surface area contributed by atoms with Crippen LogP contribution in [0.4, 0.5) is 0 Å². The Morgan fingerprint density at radius 3 is 2.47 bits per heavy atom. The van der Waals surface area contributed by atoms with Crippen molar-refractivity contribution in [3.8, 4) is 0 Å². The maximum atomic E-state index is 11.6. The molecule has 3 rings (SSSR count). The molecule has 0 radical (unpaired) electrons. The number of unbranched alkanes of at least 4 members (excludes halogenated alkanes) is 1. The van der Waals surface area contributed by atoms with Crippen LogP contribution in [0.2, 0.25) is 0 Å². The van der Waals surface area contributed by atoms with Crippen LogP contribution < -0.4 is 0 Å². The molecule has 1 unspecified atom stereocenters. The van der Waals surface area contributed by atoms with E-state index in [-0.39, 0.29) is 23.8 Å². The molecule has 0 spiro atoms. The van der Waals surface area contributed by atoms with Crippen LogP contribution in [0, 0.1) is 0 Å². The van der Waals surface area contributed by atoms with Crippen molar-refractivity contribution in [3.63, 3.8) is 0 Å². The van der Waals surface area contributed by atoms with Crippen molar-refractivity contribution in [1.29, 1.82) is 0 Å². The van der Waals surface area contributed by atoms with Gasteiger partial charge in [-0.25, -0.2) is 0 Å². The fourth-order valence-corrected chi connectivity index (χ4v) is 2.76. The second-order valence-electron chi connectivity index (χ2n) is 5.35. The molecule has 0 aromatic rings. The number of epoxide rings is 2. The SMILES string of the molecule is COC(=O)CCCCC(=O)OC1CCC23OC2(C1)O3. The summed E-state index contributed by atoms with van der Waals surface area (Å²) in [6.07, 6.45) is 4.15. The van der Waals surface area contributed by atoms with Gasteiger partial charge < -0.3 is 18.9 Å². The van der Waals surface area contributed by atoms with Gasteiger partial charge in [-0.3, -0.25) is 9.59 Å². The molecule has 1 atom stereocenters. The largest absolute Gasteiger partial charge is 0.469 e. The first-order valence-corrected chi connectivity index (χ1v) is 6.76. The van der Waals surface area contributed by atoms with Crippen molar-refractivity contribution in [2.45, 2.75) is 62.6 Å². The van der Waals surface area contributed by atoms with Crippen LogP contribution in [0.1, 0.15) is 44.9 Å². The maximum absolute atomic E-state index is 11.6. The molecule has 6 nitrogen and oxygen atoms in total. The van der Waals surface area contributed by atoms with E-state index in [9.17, 15) is 9.59 Å². The van der Waals surface area contributed by atoms with Crippen LogP contribution in [0.3, 0.4) is 0 Å². The molecule has 3 fully saturated rings. The number of carbonyl (C=O) groups excluding carboxylic acids is 2. The Kier molecular flexibility index (Phi) is 3.02. The van der Waals surface area contributed by atoms with E-state index in [4.69, 9.17) is 14.2 Å². The summed E-state index contributed by atoms with van der Waals surface area (Å²) in [6.45, 7) is 0. The van der Waals surface area contributed by atoms with Gasteiger partial charge in [0.15, 0.2) is 0 Å². The summed E-state index contributed by atoms with van der Waals surface area (Å²) in [6, 6.07) is 0. The summed E-state index contributed by atoms with van der Waals surface area (Å²) < 4.78 is 20.8. The zero-order valence-corrected chi connectivity index (χ0v) is 11.0. The number of hydrogen-bond donors (Lipinski definition) is 0. The molecule has 0 amide bonds. The van der Waals surface area contributed by atoms with Gasteiger partial charge in [0.1, 0.15) is 6.10 Å². The van der Waals surface area contributed by atoms with Crippen molar-refractivity contribution in [2.75, 3.05) is 7.11 Å². The second kappa shape index (κ2) is 4.45. The first-order valence-electron chi connectivity index (χ1n) is 6.76. The first kappa shape index (κ1) is 12.9. The normalized spacial score (nSPS) is 37.8. The summed E-state index contributed by atoms with van der Waals surface area (Å²) in [4.78, 5) is 22.5. The van der Waals surface area contributed by atoms with E-state index in [1.54, 1.807) is 0 Å². The summed E-state index contributed by atoms with van der Waals surface area (Å²) in [5.41, 5.74) is 0. The monoisotopic (exact) mass is 270 g/mol. The molecule has 0 bridgehead atoms. The molecule has 6 heteroatoms. The number of esters is 2. The van der Waals surface area contributed by atoms with Crippen molar-refractivity contribution >= 4 is 11.9 Å². The van der Waals surface area contributed by atoms with E-state index in [0.29, 0.717) is 32.1 Å². The zero-order chi connectivity index (χ0) is 13.5. The quantitative estimate of drug-likeness (QED) is 0.411. The number of ether oxygens (including phenoxy) is 4. The van der Waals surface area contributed by atoms with E-state index < -0.39 is 5.79 Å². The summed E-state index contributed by atoms with van der Waals surface area (Å²) in [5.74, 6) is -1.15. The van der Waals surface area contributed by atoms with Crippen LogP contribution in [0.15, 0.2) is 0 Å². The smallest absolute Gasteiger partial charge is 0.306 e. The standard InChI is InChI=1S/C13H18O6/c1-16-10(14)4-2-3-5-11(15)17-9-6-7-12-13(8-9,18-12)19-12/h9H,2-8H2,1H3. The van der Waals surface area contributed by atoms with Crippen LogP contribution >= 0.6 is 0 Å². The van der Waals surface area contributed by atoms with Crippen molar-refractivity contribution < 1.29 is 28.5 Å². The molecule has 0 N–H and O–H groups in total. The topological polar surface area (TPSA) is 77.7 Å². The third-order valence-electron chi connectivity index (χ3n) is 3.99. The fraction of sp³-hybridized carbons (Fsp3) is 0.846. The molecule has 2 saturated heterocycles. The molecule has 2 aliphatic heterocycles. The van der Waals surface area contributed by atoms with Crippen molar-refractivity contribution in [2.24, 2.45) is 0 Å². The lowest BCUT2D eigenvalue weighted by atomic mass is 9.98. The van der Waals surface area contributed by atoms with Gasteiger partial charge in [0, 0.05) is 25.7 Å². The lowest BCUT2D eigenvalue weighted by Gasteiger charge is -2.17. The fourth-order valence-electron chi connectivity index (χ4n) is 2.76. The first-order chi connectivity index (χ1) is 9.09. The lowest BCUT2D eigenvalue weighted by molar-refractivity contribution is -0.152. The number of carbonyl (C=O) groups is 2. The van der Waals surface area contributed by atoms with Gasteiger partial charge in [-0.2, -0.15) is 0 Å². The molecule has 19 heavy (non-hydrogen) atoms. The van der Waals surface area contributed by atoms with Gasteiger partial charge in [-0.05, 0) is 19.3 Å². The van der Waals surface area contributed by atoms with Crippen LogP contribution in [-0.4, -0.2) is 36.7 Å². The molecule has 3 aliphatic rings. The highest BCUT2D eigenvalue weighted by molar-refractivity contribution is 5.70. The predicted octanol–water partition coefficient (Wildman–Crippen LogP) is 1.27. The minimum atomic E-state index is -0.402. The highest BCUT2D eigenvalue weighted by Crippen LogP contribution is 2.74.